The number of rotatable bonds is 5. The second-order valence-electron chi connectivity index (χ2n) is 5.55. The molecule has 2 aliphatic rings. The van der Waals surface area contributed by atoms with E-state index in [-0.39, 0.29) is 5.91 Å². The van der Waals surface area contributed by atoms with Crippen LogP contribution in [0.1, 0.15) is 26.2 Å². The normalized spacial score (nSPS) is 28.1. The van der Waals surface area contributed by atoms with E-state index in [9.17, 15) is 4.79 Å². The molecule has 19 heavy (non-hydrogen) atoms. The summed E-state index contributed by atoms with van der Waals surface area (Å²) in [5.74, 6) is 0.810. The van der Waals surface area contributed by atoms with Gasteiger partial charge in [-0.15, -0.1) is 0 Å². The lowest BCUT2D eigenvalue weighted by Crippen LogP contribution is -2.49. The summed E-state index contributed by atoms with van der Waals surface area (Å²) in [6.07, 6.45) is 3.64. The van der Waals surface area contributed by atoms with E-state index in [4.69, 9.17) is 10.5 Å². The van der Waals surface area contributed by atoms with Crippen LogP contribution in [-0.4, -0.2) is 67.7 Å². The molecule has 0 bridgehead atoms. The molecular formula is C14H27N3O2. The lowest BCUT2D eigenvalue weighted by molar-refractivity contribution is -0.137. The first-order chi connectivity index (χ1) is 9.26. The van der Waals surface area contributed by atoms with Gasteiger partial charge < -0.3 is 15.4 Å². The smallest absolute Gasteiger partial charge is 0.236 e. The van der Waals surface area contributed by atoms with E-state index in [0.29, 0.717) is 31.7 Å². The number of morpholine rings is 1. The molecule has 0 spiro atoms. The van der Waals surface area contributed by atoms with E-state index < -0.39 is 0 Å². The molecule has 5 nitrogen and oxygen atoms in total. The Balaban J connectivity index is 1.88. The number of ether oxygens (including phenoxy) is 1. The Bertz CT molecular complexity index is 292. The molecule has 0 aromatic rings. The Morgan fingerprint density at radius 1 is 1.37 bits per heavy atom. The topological polar surface area (TPSA) is 58.8 Å². The molecule has 1 saturated carbocycles. The molecule has 1 amide bonds. The summed E-state index contributed by atoms with van der Waals surface area (Å²) in [5.41, 5.74) is 5.85. The maximum absolute atomic E-state index is 12.3. The number of hydrogen-bond donors (Lipinski definition) is 1. The largest absolute Gasteiger partial charge is 0.378 e. The molecular weight excluding hydrogens is 242 g/mol. The predicted octanol–water partition coefficient (Wildman–Crippen LogP) is 0.295. The van der Waals surface area contributed by atoms with Crippen molar-refractivity contribution in [3.05, 3.63) is 0 Å². The second-order valence-corrected chi connectivity index (χ2v) is 5.55. The molecule has 2 atom stereocenters. The molecule has 1 saturated heterocycles. The summed E-state index contributed by atoms with van der Waals surface area (Å²) >= 11 is 0. The Morgan fingerprint density at radius 2 is 2.11 bits per heavy atom. The fourth-order valence-electron chi connectivity index (χ4n) is 3.32. The first kappa shape index (κ1) is 14.8. The van der Waals surface area contributed by atoms with Crippen LogP contribution < -0.4 is 5.73 Å². The third-order valence-corrected chi connectivity index (χ3v) is 4.50. The molecule has 110 valence electrons. The highest BCUT2D eigenvalue weighted by Crippen LogP contribution is 2.29. The van der Waals surface area contributed by atoms with Crippen LogP contribution in [0.3, 0.4) is 0 Å². The number of hydrogen-bond acceptors (Lipinski definition) is 4. The van der Waals surface area contributed by atoms with E-state index >= 15 is 0 Å². The number of nitrogens with two attached hydrogens (primary N) is 1. The van der Waals surface area contributed by atoms with Gasteiger partial charge in [-0.25, -0.2) is 0 Å². The van der Waals surface area contributed by atoms with Gasteiger partial charge in [-0.2, -0.15) is 0 Å². The van der Waals surface area contributed by atoms with Crippen LogP contribution in [-0.2, 0) is 9.53 Å². The summed E-state index contributed by atoms with van der Waals surface area (Å²) < 4.78 is 5.29. The molecule has 0 aromatic heterocycles. The van der Waals surface area contributed by atoms with Crippen molar-refractivity contribution in [2.45, 2.75) is 32.2 Å². The molecule has 1 aliphatic carbocycles. The molecule has 2 unspecified atom stereocenters. The standard InChI is InChI=1S/C14H27N3O2/c1-2-16(13-5-3-4-12(13)10-15)11-14(18)17-6-8-19-9-7-17/h12-13H,2-11,15H2,1H3. The monoisotopic (exact) mass is 269 g/mol. The van der Waals surface area contributed by atoms with Crippen molar-refractivity contribution in [2.75, 3.05) is 45.9 Å². The Hall–Kier alpha value is -0.650. The highest BCUT2D eigenvalue weighted by atomic mass is 16.5. The van der Waals surface area contributed by atoms with Crippen LogP contribution in [0.2, 0.25) is 0 Å². The summed E-state index contributed by atoms with van der Waals surface area (Å²) in [6, 6.07) is 0.500. The average Bonchev–Trinajstić information content (AvgIpc) is 2.93. The van der Waals surface area contributed by atoms with Gasteiger partial charge in [-0.05, 0) is 31.8 Å². The number of amides is 1. The highest BCUT2D eigenvalue weighted by molar-refractivity contribution is 5.78. The van der Waals surface area contributed by atoms with Crippen LogP contribution in [0.4, 0.5) is 0 Å². The van der Waals surface area contributed by atoms with Gasteiger partial charge in [-0.1, -0.05) is 13.3 Å². The van der Waals surface area contributed by atoms with Crippen LogP contribution in [0.5, 0.6) is 0 Å². The van der Waals surface area contributed by atoms with Crippen molar-refractivity contribution in [1.82, 2.24) is 9.80 Å². The fourth-order valence-corrected chi connectivity index (χ4v) is 3.32. The minimum absolute atomic E-state index is 0.243. The van der Waals surface area contributed by atoms with Crippen LogP contribution in [0, 0.1) is 5.92 Å². The Kier molecular flexibility index (Phi) is 5.60. The summed E-state index contributed by atoms with van der Waals surface area (Å²) in [6.45, 7) is 7.17. The lowest BCUT2D eigenvalue weighted by atomic mass is 10.0. The van der Waals surface area contributed by atoms with Gasteiger partial charge in [0.25, 0.3) is 0 Å². The van der Waals surface area contributed by atoms with Gasteiger partial charge in [0, 0.05) is 19.1 Å². The average molecular weight is 269 g/mol. The zero-order valence-corrected chi connectivity index (χ0v) is 12.0. The summed E-state index contributed by atoms with van der Waals surface area (Å²) in [7, 11) is 0. The minimum Gasteiger partial charge on any atom is -0.378 e. The summed E-state index contributed by atoms with van der Waals surface area (Å²) in [4.78, 5) is 16.6. The van der Waals surface area contributed by atoms with E-state index in [1.165, 1.54) is 19.3 Å². The predicted molar refractivity (Wildman–Crippen MR) is 74.8 cm³/mol. The molecule has 2 fully saturated rings. The number of carbonyl (C=O) groups is 1. The SMILES string of the molecule is CCN(CC(=O)N1CCOCC1)C1CCCC1CN. The minimum atomic E-state index is 0.243. The van der Waals surface area contributed by atoms with Gasteiger partial charge in [0.2, 0.25) is 5.91 Å². The van der Waals surface area contributed by atoms with Crippen molar-refractivity contribution < 1.29 is 9.53 Å². The first-order valence-corrected chi connectivity index (χ1v) is 7.56. The lowest BCUT2D eigenvalue weighted by Gasteiger charge is -2.34. The van der Waals surface area contributed by atoms with Gasteiger partial charge in [0.1, 0.15) is 0 Å². The number of nitrogens with zero attached hydrogens (tertiary/aromatic N) is 2. The van der Waals surface area contributed by atoms with E-state index in [1.807, 2.05) is 4.90 Å². The van der Waals surface area contributed by atoms with E-state index in [1.54, 1.807) is 0 Å². The second kappa shape index (κ2) is 7.22. The molecule has 0 aromatic carbocycles. The van der Waals surface area contributed by atoms with E-state index in [0.717, 1.165) is 26.2 Å². The van der Waals surface area contributed by atoms with Crippen molar-refractivity contribution in [3.63, 3.8) is 0 Å². The third kappa shape index (κ3) is 3.68. The molecule has 2 rings (SSSR count). The van der Waals surface area contributed by atoms with Crippen LogP contribution in [0.15, 0.2) is 0 Å². The van der Waals surface area contributed by atoms with Gasteiger partial charge in [0.05, 0.1) is 19.8 Å². The zero-order valence-electron chi connectivity index (χ0n) is 12.0. The Morgan fingerprint density at radius 3 is 2.74 bits per heavy atom. The van der Waals surface area contributed by atoms with Crippen molar-refractivity contribution in [3.8, 4) is 0 Å². The Labute approximate surface area is 116 Å². The van der Waals surface area contributed by atoms with Gasteiger partial charge in [0.15, 0.2) is 0 Å². The summed E-state index contributed by atoms with van der Waals surface area (Å²) in [5, 5.41) is 0. The number of likely N-dealkylation sites (N-methyl/N-ethyl adjacent to an activating group) is 1. The van der Waals surface area contributed by atoms with Crippen LogP contribution >= 0.6 is 0 Å². The molecule has 0 radical (unpaired) electrons. The highest BCUT2D eigenvalue weighted by Gasteiger charge is 2.32. The molecule has 5 heteroatoms. The van der Waals surface area contributed by atoms with Crippen molar-refractivity contribution in [2.24, 2.45) is 11.7 Å². The zero-order chi connectivity index (χ0) is 13.7. The molecule has 1 heterocycles. The quantitative estimate of drug-likeness (QED) is 0.779. The van der Waals surface area contributed by atoms with Crippen molar-refractivity contribution in [1.29, 1.82) is 0 Å². The van der Waals surface area contributed by atoms with Crippen molar-refractivity contribution >= 4 is 5.91 Å². The number of carbonyl (C=O) groups excluding carboxylic acids is 1. The third-order valence-electron chi connectivity index (χ3n) is 4.50. The van der Waals surface area contributed by atoms with Gasteiger partial charge in [-0.3, -0.25) is 9.69 Å². The first-order valence-electron chi connectivity index (χ1n) is 7.56. The maximum atomic E-state index is 12.3. The maximum Gasteiger partial charge on any atom is 0.236 e. The van der Waals surface area contributed by atoms with Gasteiger partial charge >= 0.3 is 0 Å². The fraction of sp³-hybridized carbons (Fsp3) is 0.929. The van der Waals surface area contributed by atoms with E-state index in [2.05, 4.69) is 11.8 Å². The molecule has 2 N–H and O–H groups in total. The molecule has 1 aliphatic heterocycles. The van der Waals surface area contributed by atoms with Crippen LogP contribution in [0.25, 0.3) is 0 Å².